The van der Waals surface area contributed by atoms with Crippen LogP contribution in [-0.2, 0) is 16.1 Å². The minimum atomic E-state index is -0.562. The second-order valence-corrected chi connectivity index (χ2v) is 8.06. The number of carbonyl (C=O) groups excluding carboxylic acids is 2. The van der Waals surface area contributed by atoms with Crippen molar-refractivity contribution >= 4 is 23.5 Å². The number of ether oxygens (including phenoxy) is 5. The van der Waals surface area contributed by atoms with E-state index in [4.69, 9.17) is 35.3 Å². The summed E-state index contributed by atoms with van der Waals surface area (Å²) in [5, 5.41) is 0.236. The number of esters is 1. The van der Waals surface area contributed by atoms with Crippen molar-refractivity contribution < 1.29 is 33.3 Å². The van der Waals surface area contributed by atoms with E-state index in [0.29, 0.717) is 35.2 Å². The fourth-order valence-electron chi connectivity index (χ4n) is 3.01. The van der Waals surface area contributed by atoms with Crippen LogP contribution in [0.25, 0.3) is 0 Å². The van der Waals surface area contributed by atoms with Gasteiger partial charge in [0.25, 0.3) is 5.91 Å². The van der Waals surface area contributed by atoms with Crippen LogP contribution in [0.5, 0.6) is 23.0 Å². The molecule has 0 bridgehead atoms. The second-order valence-electron chi connectivity index (χ2n) is 7.65. The fraction of sp³-hybridized carbons (Fsp3) is 0.417. The molecule has 0 aliphatic heterocycles. The molecule has 0 heterocycles. The fourth-order valence-corrected chi connectivity index (χ4v) is 3.28. The molecule has 0 atom stereocenters. The summed E-state index contributed by atoms with van der Waals surface area (Å²) >= 11 is 6.42. The predicted molar refractivity (Wildman–Crippen MR) is 125 cm³/mol. The summed E-state index contributed by atoms with van der Waals surface area (Å²) in [6.45, 7) is 4.30. The molecule has 33 heavy (non-hydrogen) atoms. The minimum Gasteiger partial charge on any atom is -0.497 e. The molecule has 2 aromatic rings. The van der Waals surface area contributed by atoms with Gasteiger partial charge in [0.15, 0.2) is 11.5 Å². The quantitative estimate of drug-likeness (QED) is 0.446. The van der Waals surface area contributed by atoms with Gasteiger partial charge in [0.05, 0.1) is 40.1 Å². The zero-order valence-electron chi connectivity index (χ0n) is 19.8. The van der Waals surface area contributed by atoms with Crippen LogP contribution in [0.1, 0.15) is 29.8 Å². The molecule has 2 aromatic carbocycles. The van der Waals surface area contributed by atoms with Crippen LogP contribution in [0.15, 0.2) is 30.3 Å². The molecule has 180 valence electrons. The molecule has 2 rings (SSSR count). The molecule has 0 saturated carbocycles. The van der Waals surface area contributed by atoms with E-state index >= 15 is 0 Å². The lowest BCUT2D eigenvalue weighted by molar-refractivity contribution is -0.141. The van der Waals surface area contributed by atoms with E-state index in [9.17, 15) is 9.59 Å². The van der Waals surface area contributed by atoms with Gasteiger partial charge in [0.2, 0.25) is 0 Å². The molecule has 0 fully saturated rings. The standard InChI is InChI=1S/C24H30ClNO7/c1-15(2)14-33-23-20(25)9-17(10-21(23)31-5)24(28)26(13-22(27)32-6)12-16-7-18(29-3)11-19(8-16)30-4/h7-11,15H,12-14H2,1-6H3. The normalized spacial score (nSPS) is 10.5. The first-order valence-electron chi connectivity index (χ1n) is 10.3. The molecule has 0 spiro atoms. The minimum absolute atomic E-state index is 0.104. The molecule has 0 unspecified atom stereocenters. The lowest BCUT2D eigenvalue weighted by atomic mass is 10.1. The summed E-state index contributed by atoms with van der Waals surface area (Å²) in [5.74, 6) is 1.10. The molecule has 0 aliphatic rings. The summed E-state index contributed by atoms with van der Waals surface area (Å²) < 4.78 is 26.6. The molecule has 0 N–H and O–H groups in total. The number of nitrogens with zero attached hydrogens (tertiary/aromatic N) is 1. The van der Waals surface area contributed by atoms with E-state index < -0.39 is 11.9 Å². The first-order valence-corrected chi connectivity index (χ1v) is 10.7. The lowest BCUT2D eigenvalue weighted by Gasteiger charge is -2.23. The molecule has 9 heteroatoms. The molecule has 0 aliphatic carbocycles. The highest BCUT2D eigenvalue weighted by Crippen LogP contribution is 2.37. The Morgan fingerprint density at radius 1 is 0.939 bits per heavy atom. The van der Waals surface area contributed by atoms with Crippen molar-refractivity contribution in [2.24, 2.45) is 5.92 Å². The van der Waals surface area contributed by atoms with E-state index in [-0.39, 0.29) is 29.6 Å². The zero-order chi connectivity index (χ0) is 24.5. The third kappa shape index (κ3) is 7.18. The van der Waals surface area contributed by atoms with Crippen molar-refractivity contribution in [2.75, 3.05) is 41.6 Å². The first kappa shape index (κ1) is 26.1. The van der Waals surface area contributed by atoms with Crippen molar-refractivity contribution in [3.05, 3.63) is 46.5 Å². The Morgan fingerprint density at radius 2 is 1.58 bits per heavy atom. The highest BCUT2D eigenvalue weighted by molar-refractivity contribution is 6.32. The Kier molecular flexibility index (Phi) is 9.66. The van der Waals surface area contributed by atoms with E-state index in [1.54, 1.807) is 24.3 Å². The summed E-state index contributed by atoms with van der Waals surface area (Å²) in [5.41, 5.74) is 0.950. The van der Waals surface area contributed by atoms with Crippen LogP contribution in [0.3, 0.4) is 0 Å². The number of halogens is 1. The summed E-state index contributed by atoms with van der Waals surface area (Å²) in [7, 11) is 5.80. The number of rotatable bonds is 11. The lowest BCUT2D eigenvalue weighted by Crippen LogP contribution is -2.35. The van der Waals surface area contributed by atoms with E-state index in [0.717, 1.165) is 0 Å². The van der Waals surface area contributed by atoms with Crippen LogP contribution in [0.4, 0.5) is 0 Å². The molecule has 1 amide bonds. The Labute approximate surface area is 199 Å². The van der Waals surface area contributed by atoms with Crippen molar-refractivity contribution in [3.63, 3.8) is 0 Å². The molecule has 0 radical (unpaired) electrons. The van der Waals surface area contributed by atoms with Gasteiger partial charge in [-0.2, -0.15) is 0 Å². The largest absolute Gasteiger partial charge is 0.497 e. The van der Waals surface area contributed by atoms with Gasteiger partial charge in [0.1, 0.15) is 18.0 Å². The highest BCUT2D eigenvalue weighted by atomic mass is 35.5. The van der Waals surface area contributed by atoms with Gasteiger partial charge in [-0.1, -0.05) is 25.4 Å². The maximum absolute atomic E-state index is 13.4. The summed E-state index contributed by atoms with van der Waals surface area (Å²) in [4.78, 5) is 26.8. The highest BCUT2D eigenvalue weighted by Gasteiger charge is 2.23. The smallest absolute Gasteiger partial charge is 0.325 e. The molecule has 0 saturated heterocycles. The van der Waals surface area contributed by atoms with Gasteiger partial charge >= 0.3 is 5.97 Å². The zero-order valence-corrected chi connectivity index (χ0v) is 20.5. The Hall–Kier alpha value is -3.13. The van der Waals surface area contributed by atoms with Gasteiger partial charge in [0, 0.05) is 18.2 Å². The molecular formula is C24H30ClNO7. The number of hydrogen-bond donors (Lipinski definition) is 0. The average Bonchev–Trinajstić information content (AvgIpc) is 2.81. The van der Waals surface area contributed by atoms with Crippen LogP contribution in [0, 0.1) is 5.92 Å². The Bertz CT molecular complexity index is 955. The van der Waals surface area contributed by atoms with Gasteiger partial charge in [-0.05, 0) is 35.7 Å². The molecule has 8 nitrogen and oxygen atoms in total. The molecular weight excluding hydrogens is 450 g/mol. The van der Waals surface area contributed by atoms with Crippen molar-refractivity contribution in [1.82, 2.24) is 4.90 Å². The van der Waals surface area contributed by atoms with E-state index in [1.165, 1.54) is 39.4 Å². The van der Waals surface area contributed by atoms with Crippen LogP contribution in [-0.4, -0.2) is 58.4 Å². The number of benzene rings is 2. The number of hydrogen-bond acceptors (Lipinski definition) is 7. The SMILES string of the molecule is COC(=O)CN(Cc1cc(OC)cc(OC)c1)C(=O)c1cc(Cl)c(OCC(C)C)c(OC)c1. The number of carbonyl (C=O) groups is 2. The Morgan fingerprint density at radius 3 is 2.09 bits per heavy atom. The number of methoxy groups -OCH3 is 4. The first-order chi connectivity index (χ1) is 15.7. The number of amides is 1. The maximum Gasteiger partial charge on any atom is 0.325 e. The summed E-state index contributed by atoms with van der Waals surface area (Å²) in [6, 6.07) is 8.28. The van der Waals surface area contributed by atoms with Gasteiger partial charge < -0.3 is 28.6 Å². The van der Waals surface area contributed by atoms with Crippen LogP contribution >= 0.6 is 11.6 Å². The van der Waals surface area contributed by atoms with Gasteiger partial charge in [-0.25, -0.2) is 0 Å². The average molecular weight is 480 g/mol. The third-order valence-electron chi connectivity index (χ3n) is 4.66. The second kappa shape index (κ2) is 12.2. The van der Waals surface area contributed by atoms with Crippen LogP contribution < -0.4 is 18.9 Å². The van der Waals surface area contributed by atoms with Crippen LogP contribution in [0.2, 0.25) is 5.02 Å². The van der Waals surface area contributed by atoms with Crippen molar-refractivity contribution in [2.45, 2.75) is 20.4 Å². The monoisotopic (exact) mass is 479 g/mol. The topological polar surface area (TPSA) is 83.5 Å². The van der Waals surface area contributed by atoms with Gasteiger partial charge in [-0.15, -0.1) is 0 Å². The van der Waals surface area contributed by atoms with Gasteiger partial charge in [-0.3, -0.25) is 9.59 Å². The van der Waals surface area contributed by atoms with E-state index in [2.05, 4.69) is 0 Å². The molecule has 0 aromatic heterocycles. The summed E-state index contributed by atoms with van der Waals surface area (Å²) in [6.07, 6.45) is 0. The predicted octanol–water partition coefficient (Wildman–Crippen LogP) is 4.22. The third-order valence-corrected chi connectivity index (χ3v) is 4.94. The van der Waals surface area contributed by atoms with E-state index in [1.807, 2.05) is 13.8 Å². The maximum atomic E-state index is 13.4. The van der Waals surface area contributed by atoms with Crippen molar-refractivity contribution in [3.8, 4) is 23.0 Å². The van der Waals surface area contributed by atoms with Crippen molar-refractivity contribution in [1.29, 1.82) is 0 Å². The Balaban J connectivity index is 2.41.